The molecule has 0 aromatic rings. The van der Waals surface area contributed by atoms with Crippen LogP contribution in [-0.2, 0) is 0 Å². The van der Waals surface area contributed by atoms with Crippen LogP contribution in [0.3, 0.4) is 0 Å². The van der Waals surface area contributed by atoms with Gasteiger partial charge in [-0.05, 0) is 63.2 Å². The Morgan fingerprint density at radius 3 is 2.90 bits per heavy atom. The van der Waals surface area contributed by atoms with Gasteiger partial charge in [0, 0.05) is 0 Å². The lowest BCUT2D eigenvalue weighted by Crippen LogP contribution is -2.23. The third kappa shape index (κ3) is 1.21. The maximum atomic E-state index is 2.52. The fourth-order valence-corrected chi connectivity index (χ4v) is 2.22. The predicted octanol–water partition coefficient (Wildman–Crippen LogP) is 2.81. The fourth-order valence-electron chi connectivity index (χ4n) is 2.22. The van der Waals surface area contributed by atoms with E-state index < -0.39 is 0 Å². The topological polar surface area (TPSA) is 0 Å². The maximum absolute atomic E-state index is 2.52. The van der Waals surface area contributed by atoms with Crippen LogP contribution in [0, 0.1) is 31.1 Å². The minimum atomic E-state index is 0.968. The minimum absolute atomic E-state index is 0.968. The molecule has 0 aromatic heterocycles. The Bertz CT molecular complexity index is 80.6. The van der Waals surface area contributed by atoms with E-state index in [2.05, 4.69) is 19.3 Å². The highest BCUT2D eigenvalue weighted by Gasteiger charge is 2.27. The molecule has 0 nitrogen and oxygen atoms in total. The van der Waals surface area contributed by atoms with Crippen LogP contribution < -0.4 is 0 Å². The van der Waals surface area contributed by atoms with E-state index in [1.165, 1.54) is 32.1 Å². The Labute approximate surface area is 64.0 Å². The van der Waals surface area contributed by atoms with Crippen LogP contribution in [0.25, 0.3) is 0 Å². The molecule has 2 rings (SSSR count). The van der Waals surface area contributed by atoms with E-state index in [0.29, 0.717) is 0 Å². The normalized spacial score (nSPS) is 40.8. The molecule has 2 saturated carbocycles. The first kappa shape index (κ1) is 6.69. The van der Waals surface area contributed by atoms with Crippen LogP contribution in [0.4, 0.5) is 0 Å². The molecule has 2 aliphatic carbocycles. The van der Waals surface area contributed by atoms with Gasteiger partial charge in [0.05, 0.1) is 0 Å². The maximum Gasteiger partial charge on any atom is -0.0349 e. The summed E-state index contributed by atoms with van der Waals surface area (Å²) in [5, 5.41) is 0. The standard InChI is InChI=1S/C10H15/c1-2-6-10-8-4-3-7-9(10)5-1/h1,3,6,9-10H,2,4-5,7-8H2. The van der Waals surface area contributed by atoms with Crippen molar-refractivity contribution in [3.63, 3.8) is 0 Å². The number of hydrogen-bond acceptors (Lipinski definition) is 0. The Morgan fingerprint density at radius 1 is 1.10 bits per heavy atom. The molecule has 2 aliphatic rings. The van der Waals surface area contributed by atoms with E-state index in [4.69, 9.17) is 0 Å². The molecular weight excluding hydrogens is 120 g/mol. The monoisotopic (exact) mass is 135 g/mol. The molecule has 0 bridgehead atoms. The third-order valence-electron chi connectivity index (χ3n) is 2.85. The highest BCUT2D eigenvalue weighted by atomic mass is 14.3. The molecule has 2 unspecified atom stereocenters. The minimum Gasteiger partial charge on any atom is -0.0499 e. The van der Waals surface area contributed by atoms with Gasteiger partial charge in [0.25, 0.3) is 0 Å². The Kier molecular flexibility index (Phi) is 1.97. The lowest BCUT2D eigenvalue weighted by atomic mass is 9.71. The summed E-state index contributed by atoms with van der Waals surface area (Å²) in [6, 6.07) is 0. The summed E-state index contributed by atoms with van der Waals surface area (Å²) in [5.74, 6) is 1.96. The summed E-state index contributed by atoms with van der Waals surface area (Å²) in [5.41, 5.74) is 0. The Balaban J connectivity index is 1.93. The molecule has 2 fully saturated rings. The highest BCUT2D eigenvalue weighted by molar-refractivity contribution is 4.99. The zero-order valence-electron chi connectivity index (χ0n) is 6.42. The highest BCUT2D eigenvalue weighted by Crippen LogP contribution is 2.38. The van der Waals surface area contributed by atoms with Crippen LogP contribution in [0.2, 0.25) is 0 Å². The fraction of sp³-hybridized carbons (Fsp3) is 0.700. The SMILES string of the molecule is [CH]1C[CH]C2CC[CH]CC2C1. The van der Waals surface area contributed by atoms with Crippen molar-refractivity contribution in [3.8, 4) is 0 Å². The second-order valence-corrected chi connectivity index (χ2v) is 3.52. The van der Waals surface area contributed by atoms with Crippen LogP contribution in [0.1, 0.15) is 32.1 Å². The van der Waals surface area contributed by atoms with Gasteiger partial charge in [-0.25, -0.2) is 0 Å². The van der Waals surface area contributed by atoms with Crippen LogP contribution >= 0.6 is 0 Å². The Morgan fingerprint density at radius 2 is 2.00 bits per heavy atom. The molecule has 0 heteroatoms. The van der Waals surface area contributed by atoms with E-state index in [9.17, 15) is 0 Å². The number of hydrogen-bond donors (Lipinski definition) is 0. The van der Waals surface area contributed by atoms with Crippen molar-refractivity contribution in [2.75, 3.05) is 0 Å². The molecule has 0 N–H and O–H groups in total. The molecule has 0 amide bonds. The van der Waals surface area contributed by atoms with Crippen molar-refractivity contribution in [1.82, 2.24) is 0 Å². The largest absolute Gasteiger partial charge is 0.0499 e. The van der Waals surface area contributed by atoms with E-state index in [1.807, 2.05) is 0 Å². The molecule has 2 atom stereocenters. The summed E-state index contributed by atoms with van der Waals surface area (Å²) in [6.07, 6.45) is 14.2. The van der Waals surface area contributed by atoms with E-state index in [0.717, 1.165) is 11.8 Å². The molecule has 55 valence electrons. The van der Waals surface area contributed by atoms with E-state index in [-0.39, 0.29) is 0 Å². The summed E-state index contributed by atoms with van der Waals surface area (Å²) in [7, 11) is 0. The van der Waals surface area contributed by atoms with Gasteiger partial charge >= 0.3 is 0 Å². The zero-order chi connectivity index (χ0) is 6.81. The summed E-state index contributed by atoms with van der Waals surface area (Å²) < 4.78 is 0. The second kappa shape index (κ2) is 2.94. The van der Waals surface area contributed by atoms with Crippen LogP contribution in [-0.4, -0.2) is 0 Å². The van der Waals surface area contributed by atoms with Gasteiger partial charge in [-0.1, -0.05) is 0 Å². The smallest absolute Gasteiger partial charge is 0.0349 e. The first-order valence-electron chi connectivity index (χ1n) is 4.43. The molecule has 0 heterocycles. The quantitative estimate of drug-likeness (QED) is 0.479. The van der Waals surface area contributed by atoms with Gasteiger partial charge in [-0.2, -0.15) is 0 Å². The summed E-state index contributed by atoms with van der Waals surface area (Å²) >= 11 is 0. The predicted molar refractivity (Wildman–Crippen MR) is 43.0 cm³/mol. The van der Waals surface area contributed by atoms with Crippen LogP contribution in [0.15, 0.2) is 0 Å². The van der Waals surface area contributed by atoms with E-state index >= 15 is 0 Å². The van der Waals surface area contributed by atoms with E-state index in [1.54, 1.807) is 0 Å². The molecule has 0 saturated heterocycles. The summed E-state index contributed by atoms with van der Waals surface area (Å²) in [4.78, 5) is 0. The second-order valence-electron chi connectivity index (χ2n) is 3.52. The lowest BCUT2D eigenvalue weighted by molar-refractivity contribution is 0.278. The molecule has 0 spiro atoms. The molecule has 10 heavy (non-hydrogen) atoms. The average molecular weight is 135 g/mol. The molecule has 0 aromatic carbocycles. The summed E-state index contributed by atoms with van der Waals surface area (Å²) in [6.45, 7) is 0. The van der Waals surface area contributed by atoms with Gasteiger partial charge < -0.3 is 0 Å². The van der Waals surface area contributed by atoms with Crippen molar-refractivity contribution >= 4 is 0 Å². The zero-order valence-corrected chi connectivity index (χ0v) is 6.42. The average Bonchev–Trinajstić information content (AvgIpc) is 2.05. The van der Waals surface area contributed by atoms with Crippen molar-refractivity contribution in [2.45, 2.75) is 32.1 Å². The first-order valence-corrected chi connectivity index (χ1v) is 4.43. The van der Waals surface area contributed by atoms with Crippen molar-refractivity contribution in [3.05, 3.63) is 19.3 Å². The Hall–Kier alpha value is 0. The van der Waals surface area contributed by atoms with Crippen molar-refractivity contribution in [2.24, 2.45) is 11.8 Å². The van der Waals surface area contributed by atoms with Gasteiger partial charge in [0.2, 0.25) is 0 Å². The van der Waals surface area contributed by atoms with Crippen molar-refractivity contribution in [1.29, 1.82) is 0 Å². The molecular formula is C10H15. The van der Waals surface area contributed by atoms with Gasteiger partial charge in [0.1, 0.15) is 0 Å². The van der Waals surface area contributed by atoms with Crippen molar-refractivity contribution < 1.29 is 0 Å². The first-order chi connectivity index (χ1) is 4.97. The lowest BCUT2D eigenvalue weighted by Gasteiger charge is -2.34. The van der Waals surface area contributed by atoms with Gasteiger partial charge in [-0.3, -0.25) is 0 Å². The third-order valence-corrected chi connectivity index (χ3v) is 2.85. The molecule has 0 aliphatic heterocycles. The molecule has 3 radical (unpaired) electrons. The van der Waals surface area contributed by atoms with Gasteiger partial charge in [-0.15, -0.1) is 0 Å². The number of fused-ring (bicyclic) bond motifs is 1. The van der Waals surface area contributed by atoms with Crippen LogP contribution in [0.5, 0.6) is 0 Å². The number of rotatable bonds is 0. The van der Waals surface area contributed by atoms with Gasteiger partial charge in [0.15, 0.2) is 0 Å².